The molecule has 0 aliphatic carbocycles. The fraction of sp³-hybridized carbons (Fsp3) is 0.333. The van der Waals surface area contributed by atoms with Crippen molar-refractivity contribution in [2.45, 2.75) is 20.8 Å². The second-order valence-corrected chi connectivity index (χ2v) is 3.98. The first-order valence-corrected chi connectivity index (χ1v) is 5.32. The van der Waals surface area contributed by atoms with Gasteiger partial charge in [0.15, 0.2) is 5.84 Å². The molecule has 1 atom stereocenters. The molecule has 0 saturated heterocycles. The number of aryl methyl sites for hydroxylation is 1. The van der Waals surface area contributed by atoms with E-state index in [1.165, 1.54) is 0 Å². The van der Waals surface area contributed by atoms with Crippen LogP contribution in [0.15, 0.2) is 23.4 Å². The highest BCUT2D eigenvalue weighted by Gasteiger charge is 2.18. The molecule has 92 valence electrons. The summed E-state index contributed by atoms with van der Waals surface area (Å²) in [6, 6.07) is 5.66. The van der Waals surface area contributed by atoms with Crippen molar-refractivity contribution in [3.63, 3.8) is 0 Å². The molecule has 0 aromatic heterocycles. The minimum absolute atomic E-state index is 0.104. The third-order valence-corrected chi connectivity index (χ3v) is 2.81. The average molecular weight is 235 g/mol. The predicted molar refractivity (Wildman–Crippen MR) is 67.1 cm³/mol. The summed E-state index contributed by atoms with van der Waals surface area (Å²) in [4.78, 5) is 11.8. The molecule has 17 heavy (non-hydrogen) atoms. The lowest BCUT2D eigenvalue weighted by atomic mass is 10.1. The van der Waals surface area contributed by atoms with Crippen LogP contribution in [0, 0.1) is 19.8 Å². The Balaban J connectivity index is 2.85. The van der Waals surface area contributed by atoms with Crippen LogP contribution in [0.5, 0.6) is 0 Å². The SMILES string of the molecule is Cc1cccc(NC(=O)C(C)C(N)=NO)c1C. The van der Waals surface area contributed by atoms with Crippen LogP contribution in [0.25, 0.3) is 0 Å². The summed E-state index contributed by atoms with van der Waals surface area (Å²) in [5.74, 6) is -1.07. The van der Waals surface area contributed by atoms with Gasteiger partial charge in [0.1, 0.15) is 0 Å². The highest BCUT2D eigenvalue weighted by molar-refractivity contribution is 6.07. The number of carbonyl (C=O) groups is 1. The first-order chi connectivity index (χ1) is 7.97. The van der Waals surface area contributed by atoms with Crippen molar-refractivity contribution in [3.8, 4) is 0 Å². The molecule has 0 bridgehead atoms. The van der Waals surface area contributed by atoms with E-state index in [0.29, 0.717) is 0 Å². The van der Waals surface area contributed by atoms with Crippen molar-refractivity contribution < 1.29 is 10.0 Å². The summed E-state index contributed by atoms with van der Waals surface area (Å²) in [6.45, 7) is 5.48. The third kappa shape index (κ3) is 2.96. The summed E-state index contributed by atoms with van der Waals surface area (Å²) in [5, 5.41) is 14.1. The third-order valence-electron chi connectivity index (χ3n) is 2.81. The molecule has 1 unspecified atom stereocenters. The van der Waals surface area contributed by atoms with Gasteiger partial charge in [0.2, 0.25) is 5.91 Å². The summed E-state index contributed by atoms with van der Waals surface area (Å²) >= 11 is 0. The van der Waals surface area contributed by atoms with Crippen LogP contribution in [0.1, 0.15) is 18.1 Å². The van der Waals surface area contributed by atoms with E-state index in [-0.39, 0.29) is 11.7 Å². The maximum absolute atomic E-state index is 11.8. The van der Waals surface area contributed by atoms with Gasteiger partial charge in [-0.1, -0.05) is 17.3 Å². The Morgan fingerprint density at radius 3 is 2.71 bits per heavy atom. The standard InChI is InChI=1S/C12H17N3O2/c1-7-5-4-6-10(8(7)2)14-12(16)9(3)11(13)15-17/h4-6,9,17H,1-3H3,(H2,13,15)(H,14,16). The molecular formula is C12H17N3O2. The van der Waals surface area contributed by atoms with Crippen molar-refractivity contribution in [2.75, 3.05) is 5.32 Å². The Morgan fingerprint density at radius 1 is 1.47 bits per heavy atom. The van der Waals surface area contributed by atoms with Crippen LogP contribution < -0.4 is 11.1 Å². The molecule has 0 fully saturated rings. The van der Waals surface area contributed by atoms with Crippen LogP contribution >= 0.6 is 0 Å². The zero-order valence-corrected chi connectivity index (χ0v) is 10.2. The van der Waals surface area contributed by atoms with Crippen LogP contribution in [-0.2, 0) is 4.79 Å². The molecule has 0 radical (unpaired) electrons. The second kappa shape index (κ2) is 5.34. The fourth-order valence-corrected chi connectivity index (χ4v) is 1.35. The minimum atomic E-state index is -0.667. The molecule has 1 rings (SSSR count). The molecule has 1 aromatic rings. The van der Waals surface area contributed by atoms with Crippen LogP contribution in [0.3, 0.4) is 0 Å². The van der Waals surface area contributed by atoms with E-state index in [9.17, 15) is 4.79 Å². The van der Waals surface area contributed by atoms with Crippen molar-refractivity contribution >= 4 is 17.4 Å². The topological polar surface area (TPSA) is 87.7 Å². The molecule has 0 saturated carbocycles. The van der Waals surface area contributed by atoms with Crippen molar-refractivity contribution in [1.29, 1.82) is 0 Å². The predicted octanol–water partition coefficient (Wildman–Crippen LogP) is 1.62. The lowest BCUT2D eigenvalue weighted by Gasteiger charge is -2.13. The molecule has 5 nitrogen and oxygen atoms in total. The van der Waals surface area contributed by atoms with E-state index in [0.717, 1.165) is 16.8 Å². The van der Waals surface area contributed by atoms with Crippen LogP contribution in [-0.4, -0.2) is 17.0 Å². The summed E-state index contributed by atoms with van der Waals surface area (Å²) in [5.41, 5.74) is 8.22. The molecule has 1 amide bonds. The second-order valence-electron chi connectivity index (χ2n) is 3.98. The van der Waals surface area contributed by atoms with Gasteiger partial charge in [0.25, 0.3) is 0 Å². The van der Waals surface area contributed by atoms with Crippen molar-refractivity contribution in [2.24, 2.45) is 16.8 Å². The number of anilines is 1. The van der Waals surface area contributed by atoms with Gasteiger partial charge in [-0.2, -0.15) is 0 Å². The average Bonchev–Trinajstić information content (AvgIpc) is 2.32. The van der Waals surface area contributed by atoms with E-state index in [2.05, 4.69) is 10.5 Å². The number of rotatable bonds is 3. The van der Waals surface area contributed by atoms with Gasteiger partial charge in [0, 0.05) is 5.69 Å². The molecule has 4 N–H and O–H groups in total. The largest absolute Gasteiger partial charge is 0.409 e. The summed E-state index contributed by atoms with van der Waals surface area (Å²) in [6.07, 6.45) is 0. The van der Waals surface area contributed by atoms with Gasteiger partial charge < -0.3 is 16.3 Å². The van der Waals surface area contributed by atoms with E-state index in [1.54, 1.807) is 6.92 Å². The van der Waals surface area contributed by atoms with E-state index >= 15 is 0 Å². The molecule has 5 heteroatoms. The number of amidine groups is 1. The zero-order valence-electron chi connectivity index (χ0n) is 10.2. The first-order valence-electron chi connectivity index (χ1n) is 5.32. The maximum Gasteiger partial charge on any atom is 0.234 e. The van der Waals surface area contributed by atoms with Gasteiger partial charge in [-0.25, -0.2) is 0 Å². The van der Waals surface area contributed by atoms with Gasteiger partial charge in [-0.15, -0.1) is 0 Å². The summed E-state index contributed by atoms with van der Waals surface area (Å²) in [7, 11) is 0. The van der Waals surface area contributed by atoms with E-state index in [4.69, 9.17) is 10.9 Å². The number of amides is 1. The molecule has 0 heterocycles. The van der Waals surface area contributed by atoms with Gasteiger partial charge in [-0.3, -0.25) is 4.79 Å². The monoisotopic (exact) mass is 235 g/mol. The number of nitrogens with zero attached hydrogens (tertiary/aromatic N) is 1. The first kappa shape index (κ1) is 13.0. The van der Waals surface area contributed by atoms with Gasteiger partial charge in [0.05, 0.1) is 5.92 Å². The minimum Gasteiger partial charge on any atom is -0.409 e. The molecule has 0 spiro atoms. The molecular weight excluding hydrogens is 218 g/mol. The van der Waals surface area contributed by atoms with Crippen LogP contribution in [0.4, 0.5) is 5.69 Å². The van der Waals surface area contributed by atoms with Gasteiger partial charge >= 0.3 is 0 Å². The molecule has 1 aromatic carbocycles. The van der Waals surface area contributed by atoms with Crippen LogP contribution in [0.2, 0.25) is 0 Å². The van der Waals surface area contributed by atoms with Gasteiger partial charge in [-0.05, 0) is 38.0 Å². The number of hydrogen-bond donors (Lipinski definition) is 3. The lowest BCUT2D eigenvalue weighted by molar-refractivity contribution is -0.117. The summed E-state index contributed by atoms with van der Waals surface area (Å²) < 4.78 is 0. The van der Waals surface area contributed by atoms with E-state index in [1.807, 2.05) is 32.0 Å². The number of nitrogens with one attached hydrogen (secondary N) is 1. The Hall–Kier alpha value is -2.04. The van der Waals surface area contributed by atoms with E-state index < -0.39 is 5.92 Å². The zero-order chi connectivity index (χ0) is 13.0. The number of carbonyl (C=O) groups excluding carboxylic acids is 1. The molecule has 0 aliphatic heterocycles. The number of oxime groups is 1. The lowest BCUT2D eigenvalue weighted by Crippen LogP contribution is -2.32. The van der Waals surface area contributed by atoms with Crippen molar-refractivity contribution in [1.82, 2.24) is 0 Å². The number of benzene rings is 1. The quantitative estimate of drug-likeness (QED) is 0.322. The Bertz CT molecular complexity index is 455. The number of nitrogens with two attached hydrogens (primary N) is 1. The number of hydrogen-bond acceptors (Lipinski definition) is 3. The fourth-order valence-electron chi connectivity index (χ4n) is 1.35. The highest BCUT2D eigenvalue weighted by atomic mass is 16.4. The highest BCUT2D eigenvalue weighted by Crippen LogP contribution is 2.18. The molecule has 0 aliphatic rings. The smallest absolute Gasteiger partial charge is 0.234 e. The Labute approximate surface area is 100 Å². The van der Waals surface area contributed by atoms with Crippen molar-refractivity contribution in [3.05, 3.63) is 29.3 Å². The normalized spacial score (nSPS) is 13.2. The maximum atomic E-state index is 11.8. The Morgan fingerprint density at radius 2 is 2.12 bits per heavy atom. The Kier molecular flexibility index (Phi) is 4.09.